The molecule has 1 aromatic heterocycles. The van der Waals surface area contributed by atoms with Gasteiger partial charge in [-0.15, -0.1) is 0 Å². The second-order valence-corrected chi connectivity index (χ2v) is 6.89. The van der Waals surface area contributed by atoms with Crippen molar-refractivity contribution in [1.82, 2.24) is 15.3 Å². The summed E-state index contributed by atoms with van der Waals surface area (Å²) in [6.45, 7) is 1.04. The SMILES string of the molecule is O=C1NCCc2cccc(c2)OC/C=C\COc2cccc(c2)-c2nc1c(O)c(=O)[nH]2. The first-order chi connectivity index (χ1) is 15.1. The molecular weight excluding hydrogens is 398 g/mol. The predicted molar refractivity (Wildman–Crippen MR) is 115 cm³/mol. The molecule has 0 aliphatic carbocycles. The van der Waals surface area contributed by atoms with Crippen molar-refractivity contribution >= 4 is 5.91 Å². The number of fused-ring (bicyclic) bond motifs is 7. The van der Waals surface area contributed by atoms with Crippen LogP contribution in [0, 0.1) is 0 Å². The lowest BCUT2D eigenvalue weighted by Crippen LogP contribution is -2.28. The number of carbonyl (C=O) groups excluding carboxylic acids is 1. The lowest BCUT2D eigenvalue weighted by Gasteiger charge is -2.09. The van der Waals surface area contributed by atoms with Crippen molar-refractivity contribution in [3.8, 4) is 28.6 Å². The van der Waals surface area contributed by atoms with Crippen LogP contribution in [0.3, 0.4) is 0 Å². The van der Waals surface area contributed by atoms with Crippen molar-refractivity contribution in [3.05, 3.63) is 82.3 Å². The highest BCUT2D eigenvalue weighted by Gasteiger charge is 2.18. The minimum absolute atomic E-state index is 0.160. The van der Waals surface area contributed by atoms with E-state index in [0.29, 0.717) is 37.5 Å². The number of ether oxygens (including phenoxy) is 2. The molecule has 0 atom stereocenters. The molecule has 2 heterocycles. The van der Waals surface area contributed by atoms with E-state index in [0.717, 1.165) is 11.3 Å². The van der Waals surface area contributed by atoms with E-state index < -0.39 is 17.2 Å². The summed E-state index contributed by atoms with van der Waals surface area (Å²) in [7, 11) is 0. The maximum atomic E-state index is 12.6. The maximum Gasteiger partial charge on any atom is 0.294 e. The highest BCUT2D eigenvalue weighted by Crippen LogP contribution is 2.22. The number of carbonyl (C=O) groups is 1. The molecule has 2 aromatic carbocycles. The molecule has 4 rings (SSSR count). The molecule has 1 aliphatic rings. The van der Waals surface area contributed by atoms with Crippen molar-refractivity contribution in [2.75, 3.05) is 19.8 Å². The van der Waals surface area contributed by atoms with Crippen LogP contribution in [0.5, 0.6) is 17.2 Å². The molecule has 1 aliphatic heterocycles. The summed E-state index contributed by atoms with van der Waals surface area (Å²) in [5, 5.41) is 12.8. The molecule has 1 amide bonds. The third-order valence-electron chi connectivity index (χ3n) is 4.67. The van der Waals surface area contributed by atoms with Gasteiger partial charge in [0.2, 0.25) is 5.75 Å². The molecule has 3 aromatic rings. The maximum absolute atomic E-state index is 12.6. The van der Waals surface area contributed by atoms with Gasteiger partial charge in [0.1, 0.15) is 30.5 Å². The second-order valence-electron chi connectivity index (χ2n) is 6.89. The van der Waals surface area contributed by atoms with E-state index in [1.54, 1.807) is 24.3 Å². The first-order valence-corrected chi connectivity index (χ1v) is 9.81. The summed E-state index contributed by atoms with van der Waals surface area (Å²) in [6, 6.07) is 14.5. The van der Waals surface area contributed by atoms with Crippen LogP contribution in [0.1, 0.15) is 16.1 Å². The van der Waals surface area contributed by atoms with Gasteiger partial charge in [0.05, 0.1) is 0 Å². The van der Waals surface area contributed by atoms with Crippen molar-refractivity contribution in [1.29, 1.82) is 0 Å². The summed E-state index contributed by atoms with van der Waals surface area (Å²) in [6.07, 6.45) is 4.27. The zero-order valence-electron chi connectivity index (χ0n) is 16.6. The standard InChI is InChI=1S/C23H21N3O5/c27-20-19-22(28)24-10-9-15-5-3-7-17(13-15)30-11-1-2-12-31-18-8-4-6-16(14-18)21(25-19)26-23(20)29/h1-8,13-14,27H,9-12H2,(H,24,28)(H,25,26,29)/b2-1-. The number of aromatic amines is 1. The normalized spacial score (nSPS) is 15.3. The van der Waals surface area contributed by atoms with Gasteiger partial charge < -0.3 is 24.9 Å². The Morgan fingerprint density at radius 2 is 1.65 bits per heavy atom. The number of nitrogens with zero attached hydrogens (tertiary/aromatic N) is 1. The Hall–Kier alpha value is -4.07. The number of amides is 1. The highest BCUT2D eigenvalue weighted by atomic mass is 16.5. The molecule has 6 bridgehead atoms. The number of hydrogen-bond acceptors (Lipinski definition) is 6. The lowest BCUT2D eigenvalue weighted by atomic mass is 10.1. The highest BCUT2D eigenvalue weighted by molar-refractivity contribution is 5.95. The predicted octanol–water partition coefficient (Wildman–Crippen LogP) is 2.44. The third kappa shape index (κ3) is 4.92. The smallest absolute Gasteiger partial charge is 0.294 e. The Balaban J connectivity index is 1.68. The molecule has 31 heavy (non-hydrogen) atoms. The van der Waals surface area contributed by atoms with Gasteiger partial charge in [0.15, 0.2) is 5.69 Å². The fourth-order valence-electron chi connectivity index (χ4n) is 3.11. The summed E-state index contributed by atoms with van der Waals surface area (Å²) in [5.41, 5.74) is 0.399. The number of H-pyrrole nitrogens is 1. The van der Waals surface area contributed by atoms with Crippen molar-refractivity contribution in [3.63, 3.8) is 0 Å². The van der Waals surface area contributed by atoms with Gasteiger partial charge in [-0.1, -0.05) is 24.3 Å². The van der Waals surface area contributed by atoms with Gasteiger partial charge in [0, 0.05) is 12.1 Å². The molecular formula is C23H21N3O5. The van der Waals surface area contributed by atoms with Gasteiger partial charge in [-0.3, -0.25) is 9.59 Å². The number of aromatic nitrogens is 2. The van der Waals surface area contributed by atoms with Crippen LogP contribution in [-0.4, -0.2) is 40.7 Å². The van der Waals surface area contributed by atoms with Crippen LogP contribution in [-0.2, 0) is 6.42 Å². The number of aromatic hydroxyl groups is 1. The molecule has 8 heteroatoms. The fraction of sp³-hybridized carbons (Fsp3) is 0.174. The van der Waals surface area contributed by atoms with Crippen molar-refractivity contribution in [2.45, 2.75) is 6.42 Å². The van der Waals surface area contributed by atoms with Gasteiger partial charge in [-0.2, -0.15) is 0 Å². The minimum Gasteiger partial charge on any atom is -0.501 e. The molecule has 8 nitrogen and oxygen atoms in total. The zero-order chi connectivity index (χ0) is 21.6. The Labute approximate surface area is 178 Å². The zero-order valence-corrected chi connectivity index (χ0v) is 16.6. The summed E-state index contributed by atoms with van der Waals surface area (Å²) >= 11 is 0. The van der Waals surface area contributed by atoms with E-state index >= 15 is 0 Å². The van der Waals surface area contributed by atoms with E-state index in [1.807, 2.05) is 36.4 Å². The Morgan fingerprint density at radius 1 is 0.935 bits per heavy atom. The molecule has 3 N–H and O–H groups in total. The Bertz CT molecular complexity index is 1190. The van der Waals surface area contributed by atoms with Crippen LogP contribution in [0.2, 0.25) is 0 Å². The molecule has 0 unspecified atom stereocenters. The van der Waals surface area contributed by atoms with Crippen LogP contribution in [0.25, 0.3) is 11.4 Å². The molecule has 158 valence electrons. The number of nitrogens with one attached hydrogen (secondary N) is 2. The van der Waals surface area contributed by atoms with Crippen molar-refractivity contribution in [2.24, 2.45) is 0 Å². The monoisotopic (exact) mass is 419 g/mol. The Morgan fingerprint density at radius 3 is 2.42 bits per heavy atom. The van der Waals surface area contributed by atoms with Crippen molar-refractivity contribution < 1.29 is 19.4 Å². The summed E-state index contributed by atoms with van der Waals surface area (Å²) in [5.74, 6) is 0.0915. The van der Waals surface area contributed by atoms with E-state index in [1.165, 1.54) is 0 Å². The Kier molecular flexibility index (Phi) is 5.98. The number of rotatable bonds is 0. The van der Waals surface area contributed by atoms with E-state index in [9.17, 15) is 14.7 Å². The lowest BCUT2D eigenvalue weighted by molar-refractivity contribution is 0.0946. The number of hydrogen-bond donors (Lipinski definition) is 3. The molecule has 0 fully saturated rings. The van der Waals surface area contributed by atoms with Gasteiger partial charge in [-0.05, 0) is 48.4 Å². The molecule has 0 spiro atoms. The number of benzene rings is 2. The van der Waals surface area contributed by atoms with Gasteiger partial charge >= 0.3 is 0 Å². The van der Waals surface area contributed by atoms with Crippen LogP contribution >= 0.6 is 0 Å². The largest absolute Gasteiger partial charge is 0.501 e. The van der Waals surface area contributed by atoms with E-state index in [-0.39, 0.29) is 11.5 Å². The molecule has 0 saturated carbocycles. The van der Waals surface area contributed by atoms with E-state index in [2.05, 4.69) is 15.3 Å². The van der Waals surface area contributed by atoms with Crippen LogP contribution in [0.15, 0.2) is 65.5 Å². The van der Waals surface area contributed by atoms with E-state index in [4.69, 9.17) is 9.47 Å². The second kappa shape index (κ2) is 9.17. The van der Waals surface area contributed by atoms with Crippen LogP contribution in [0.4, 0.5) is 0 Å². The quantitative estimate of drug-likeness (QED) is 0.483. The third-order valence-corrected chi connectivity index (χ3v) is 4.67. The minimum atomic E-state index is -0.792. The van der Waals surface area contributed by atoms with Gasteiger partial charge in [-0.25, -0.2) is 4.98 Å². The molecule has 0 saturated heterocycles. The van der Waals surface area contributed by atoms with Crippen LogP contribution < -0.4 is 20.3 Å². The fourth-order valence-corrected chi connectivity index (χ4v) is 3.11. The summed E-state index contributed by atoms with van der Waals surface area (Å²) < 4.78 is 11.4. The first kappa shape index (κ1) is 20.2. The average molecular weight is 419 g/mol. The molecule has 0 radical (unpaired) electrons. The van der Waals surface area contributed by atoms with Gasteiger partial charge in [0.25, 0.3) is 11.5 Å². The average Bonchev–Trinajstić information content (AvgIpc) is 2.78. The first-order valence-electron chi connectivity index (χ1n) is 9.81. The summed E-state index contributed by atoms with van der Waals surface area (Å²) in [4.78, 5) is 31.5. The topological polar surface area (TPSA) is 114 Å².